The van der Waals surface area contributed by atoms with Gasteiger partial charge in [-0.1, -0.05) is 34.8 Å². The highest BCUT2D eigenvalue weighted by Crippen LogP contribution is 2.38. The van der Waals surface area contributed by atoms with Crippen molar-refractivity contribution in [2.24, 2.45) is 5.92 Å². The molecule has 1 aromatic carbocycles. The Balaban J connectivity index is 1.83. The van der Waals surface area contributed by atoms with Gasteiger partial charge in [-0.2, -0.15) is 0 Å². The predicted octanol–water partition coefficient (Wildman–Crippen LogP) is 4.16. The Morgan fingerprint density at radius 1 is 1.55 bits per heavy atom. The average Bonchev–Trinajstić information content (AvgIpc) is 3.12. The Morgan fingerprint density at radius 2 is 2.30 bits per heavy atom. The fourth-order valence-electron chi connectivity index (χ4n) is 2.50. The molecule has 1 aliphatic rings. The number of anilines is 1. The Morgan fingerprint density at radius 3 is 2.95 bits per heavy atom. The number of fused-ring (bicyclic) bond motifs is 1. The van der Waals surface area contributed by atoms with Crippen molar-refractivity contribution in [1.82, 2.24) is 5.32 Å². The number of nitrogen functional groups attached to an aromatic ring is 1. The molecule has 1 heterocycles. The molecule has 1 aromatic heterocycles. The minimum atomic E-state index is -0.0521. The lowest BCUT2D eigenvalue weighted by Gasteiger charge is -2.12. The summed E-state index contributed by atoms with van der Waals surface area (Å²) in [5, 5.41) is 4.01. The topological polar surface area (TPSA) is 55.1 Å². The van der Waals surface area contributed by atoms with Crippen molar-refractivity contribution < 1.29 is 4.79 Å². The van der Waals surface area contributed by atoms with Gasteiger partial charge in [-0.3, -0.25) is 4.79 Å². The van der Waals surface area contributed by atoms with Gasteiger partial charge in [0, 0.05) is 20.6 Å². The summed E-state index contributed by atoms with van der Waals surface area (Å²) in [6.45, 7) is 2.07. The number of carbonyl (C=O) groups excluding carboxylic acids is 1. The highest BCUT2D eigenvalue weighted by Gasteiger charge is 2.25. The third-order valence-electron chi connectivity index (χ3n) is 3.67. The SMILES string of the molecule is CC(CC1CC1)NC(=O)c1sc2cccc(Br)c2c1N. The van der Waals surface area contributed by atoms with Gasteiger partial charge >= 0.3 is 0 Å². The van der Waals surface area contributed by atoms with E-state index in [1.807, 2.05) is 18.2 Å². The minimum absolute atomic E-state index is 0.0521. The summed E-state index contributed by atoms with van der Waals surface area (Å²) in [5.74, 6) is 0.753. The first-order valence-electron chi connectivity index (χ1n) is 6.83. The maximum absolute atomic E-state index is 12.4. The van der Waals surface area contributed by atoms with E-state index in [0.29, 0.717) is 10.6 Å². The van der Waals surface area contributed by atoms with E-state index >= 15 is 0 Å². The molecule has 1 unspecified atom stereocenters. The fraction of sp³-hybridized carbons (Fsp3) is 0.400. The molecule has 1 saturated carbocycles. The lowest BCUT2D eigenvalue weighted by Crippen LogP contribution is -2.32. The summed E-state index contributed by atoms with van der Waals surface area (Å²) in [6.07, 6.45) is 3.68. The quantitative estimate of drug-likeness (QED) is 0.867. The molecule has 2 aromatic rings. The van der Waals surface area contributed by atoms with Crippen molar-refractivity contribution in [3.63, 3.8) is 0 Å². The number of nitrogens with one attached hydrogen (secondary N) is 1. The molecule has 1 atom stereocenters. The number of hydrogen-bond donors (Lipinski definition) is 2. The largest absolute Gasteiger partial charge is 0.397 e. The van der Waals surface area contributed by atoms with Crippen LogP contribution < -0.4 is 11.1 Å². The number of thiophene rings is 1. The van der Waals surface area contributed by atoms with Crippen LogP contribution in [-0.4, -0.2) is 11.9 Å². The Kier molecular flexibility index (Phi) is 3.73. The lowest BCUT2D eigenvalue weighted by atomic mass is 10.1. The van der Waals surface area contributed by atoms with Crippen LogP contribution in [0.15, 0.2) is 22.7 Å². The molecule has 0 bridgehead atoms. The molecule has 0 radical (unpaired) electrons. The van der Waals surface area contributed by atoms with Crippen LogP contribution in [0.4, 0.5) is 5.69 Å². The van der Waals surface area contributed by atoms with Crippen LogP contribution in [0, 0.1) is 5.92 Å². The zero-order chi connectivity index (χ0) is 14.3. The van der Waals surface area contributed by atoms with Crippen molar-refractivity contribution in [3.8, 4) is 0 Å². The number of halogens is 1. The van der Waals surface area contributed by atoms with Crippen LogP contribution in [0.2, 0.25) is 0 Å². The van der Waals surface area contributed by atoms with E-state index in [1.54, 1.807) is 0 Å². The third kappa shape index (κ3) is 2.69. The van der Waals surface area contributed by atoms with Crippen LogP contribution in [0.3, 0.4) is 0 Å². The van der Waals surface area contributed by atoms with Crippen molar-refractivity contribution in [3.05, 3.63) is 27.5 Å². The van der Waals surface area contributed by atoms with Gasteiger partial charge in [0.2, 0.25) is 0 Å². The van der Waals surface area contributed by atoms with Gasteiger partial charge in [-0.05, 0) is 31.4 Å². The van der Waals surface area contributed by atoms with Crippen LogP contribution in [-0.2, 0) is 0 Å². The van der Waals surface area contributed by atoms with Gasteiger partial charge in [0.15, 0.2) is 0 Å². The molecule has 3 rings (SSSR count). The molecule has 1 amide bonds. The molecule has 106 valence electrons. The van der Waals surface area contributed by atoms with E-state index in [9.17, 15) is 4.79 Å². The second-order valence-corrected chi connectivity index (χ2v) is 7.42. The van der Waals surface area contributed by atoms with Crippen molar-refractivity contribution in [2.45, 2.75) is 32.2 Å². The zero-order valence-electron chi connectivity index (χ0n) is 11.3. The number of amides is 1. The minimum Gasteiger partial charge on any atom is -0.397 e. The predicted molar refractivity (Wildman–Crippen MR) is 88.2 cm³/mol. The van der Waals surface area contributed by atoms with Crippen LogP contribution >= 0.6 is 27.3 Å². The van der Waals surface area contributed by atoms with E-state index in [-0.39, 0.29) is 11.9 Å². The van der Waals surface area contributed by atoms with Gasteiger partial charge in [0.05, 0.1) is 5.69 Å². The Bertz CT molecular complexity index is 663. The van der Waals surface area contributed by atoms with Crippen LogP contribution in [0.5, 0.6) is 0 Å². The second kappa shape index (κ2) is 5.37. The molecule has 3 nitrogen and oxygen atoms in total. The van der Waals surface area contributed by atoms with Crippen molar-refractivity contribution >= 4 is 48.9 Å². The summed E-state index contributed by atoms with van der Waals surface area (Å²) in [4.78, 5) is 13.0. The maximum atomic E-state index is 12.4. The standard InChI is InChI=1S/C15H17BrN2OS/c1-8(7-9-5-6-9)18-15(19)14-13(17)12-10(16)3-2-4-11(12)20-14/h2-4,8-9H,5-7,17H2,1H3,(H,18,19). The molecular formula is C15H17BrN2OS. The molecule has 1 aliphatic carbocycles. The smallest absolute Gasteiger partial charge is 0.263 e. The van der Waals surface area contributed by atoms with E-state index in [0.717, 1.165) is 26.9 Å². The molecule has 0 spiro atoms. The number of rotatable bonds is 4. The van der Waals surface area contributed by atoms with Gasteiger partial charge in [-0.15, -0.1) is 11.3 Å². The molecule has 20 heavy (non-hydrogen) atoms. The number of nitrogens with two attached hydrogens (primary N) is 1. The average molecular weight is 353 g/mol. The zero-order valence-corrected chi connectivity index (χ0v) is 13.7. The van der Waals surface area contributed by atoms with Crippen molar-refractivity contribution in [2.75, 3.05) is 5.73 Å². The number of hydrogen-bond acceptors (Lipinski definition) is 3. The molecule has 5 heteroatoms. The normalized spacial score (nSPS) is 16.3. The number of carbonyl (C=O) groups is 1. The third-order valence-corrected chi connectivity index (χ3v) is 5.50. The van der Waals surface area contributed by atoms with Gasteiger partial charge in [0.1, 0.15) is 4.88 Å². The molecule has 0 aliphatic heterocycles. The van der Waals surface area contributed by atoms with Crippen LogP contribution in [0.25, 0.3) is 10.1 Å². The summed E-state index contributed by atoms with van der Waals surface area (Å²) in [5.41, 5.74) is 6.73. The summed E-state index contributed by atoms with van der Waals surface area (Å²) in [7, 11) is 0. The molecule has 3 N–H and O–H groups in total. The van der Waals surface area contributed by atoms with Crippen molar-refractivity contribution in [1.29, 1.82) is 0 Å². The highest BCUT2D eigenvalue weighted by molar-refractivity contribution is 9.10. The first-order valence-corrected chi connectivity index (χ1v) is 8.44. The molecule has 1 fully saturated rings. The Hall–Kier alpha value is -1.07. The second-order valence-electron chi connectivity index (χ2n) is 5.51. The monoisotopic (exact) mass is 352 g/mol. The molecular weight excluding hydrogens is 336 g/mol. The van der Waals surface area contributed by atoms with E-state index in [2.05, 4.69) is 28.2 Å². The van der Waals surface area contributed by atoms with E-state index < -0.39 is 0 Å². The summed E-state index contributed by atoms with van der Waals surface area (Å²) < 4.78 is 1.98. The maximum Gasteiger partial charge on any atom is 0.263 e. The highest BCUT2D eigenvalue weighted by atomic mass is 79.9. The molecule has 0 saturated heterocycles. The first kappa shape index (κ1) is 13.9. The Labute approximate surface area is 130 Å². The fourth-order valence-corrected chi connectivity index (χ4v) is 4.26. The van der Waals surface area contributed by atoms with Gasteiger partial charge in [-0.25, -0.2) is 0 Å². The summed E-state index contributed by atoms with van der Waals surface area (Å²) in [6, 6.07) is 6.11. The first-order chi connectivity index (χ1) is 9.56. The van der Waals surface area contributed by atoms with E-state index in [1.165, 1.54) is 24.2 Å². The van der Waals surface area contributed by atoms with E-state index in [4.69, 9.17) is 5.73 Å². The number of benzene rings is 1. The summed E-state index contributed by atoms with van der Waals surface area (Å²) >= 11 is 4.95. The van der Waals surface area contributed by atoms with Gasteiger partial charge in [0.25, 0.3) is 5.91 Å². The van der Waals surface area contributed by atoms with Gasteiger partial charge < -0.3 is 11.1 Å². The lowest BCUT2D eigenvalue weighted by molar-refractivity contribution is 0.0942. The van der Waals surface area contributed by atoms with Crippen LogP contribution in [0.1, 0.15) is 35.9 Å².